The maximum absolute atomic E-state index is 13.2. The molecule has 1 aliphatic heterocycles. The van der Waals surface area contributed by atoms with Crippen molar-refractivity contribution in [1.82, 2.24) is 0 Å². The number of benzene rings is 2. The minimum Gasteiger partial charge on any atom is -0.497 e. The summed E-state index contributed by atoms with van der Waals surface area (Å²) >= 11 is 0.967. The Morgan fingerprint density at radius 3 is 2.47 bits per heavy atom. The van der Waals surface area contributed by atoms with Crippen molar-refractivity contribution in [2.24, 2.45) is 0 Å². The Morgan fingerprint density at radius 2 is 1.75 bits per heavy atom. The van der Waals surface area contributed by atoms with E-state index >= 15 is 0 Å². The molecule has 1 aromatic heterocycles. The van der Waals surface area contributed by atoms with Gasteiger partial charge in [-0.1, -0.05) is 0 Å². The predicted octanol–water partition coefficient (Wildman–Crippen LogP) is 4.48. The van der Waals surface area contributed by atoms with Gasteiger partial charge < -0.3 is 34.3 Å². The van der Waals surface area contributed by atoms with E-state index in [-0.39, 0.29) is 28.8 Å². The van der Waals surface area contributed by atoms with Gasteiger partial charge in [0.05, 0.1) is 37.0 Å². The van der Waals surface area contributed by atoms with Crippen LogP contribution in [0.1, 0.15) is 42.9 Å². The number of ether oxygens (including phenoxy) is 5. The van der Waals surface area contributed by atoms with Gasteiger partial charge >= 0.3 is 5.97 Å². The second-order valence-electron chi connectivity index (χ2n) is 7.52. The molecular weight excluding hydrogens is 488 g/mol. The summed E-state index contributed by atoms with van der Waals surface area (Å²) in [5.41, 5.74) is 1.17. The molecule has 2 N–H and O–H groups in total. The fraction of sp³-hybridized carbons (Fsp3) is 0.240. The van der Waals surface area contributed by atoms with Crippen LogP contribution in [0.4, 0.5) is 10.7 Å². The molecule has 0 radical (unpaired) electrons. The lowest BCUT2D eigenvalue weighted by atomic mass is 10.1. The number of amides is 2. The average molecular weight is 513 g/mol. The van der Waals surface area contributed by atoms with Crippen molar-refractivity contribution >= 4 is 39.8 Å². The van der Waals surface area contributed by atoms with Crippen LogP contribution < -0.4 is 29.6 Å². The molecule has 1 aliphatic rings. The third kappa shape index (κ3) is 4.91. The molecule has 0 unspecified atom stereocenters. The fourth-order valence-electron chi connectivity index (χ4n) is 3.57. The summed E-state index contributed by atoms with van der Waals surface area (Å²) in [6, 6.07) is 9.74. The van der Waals surface area contributed by atoms with Crippen LogP contribution in [-0.2, 0) is 4.74 Å². The molecule has 3 aromatic rings. The van der Waals surface area contributed by atoms with Crippen LogP contribution in [0.3, 0.4) is 0 Å². The molecule has 0 fully saturated rings. The topological polar surface area (TPSA) is 121 Å². The van der Waals surface area contributed by atoms with Gasteiger partial charge in [0.15, 0.2) is 11.5 Å². The van der Waals surface area contributed by atoms with Gasteiger partial charge in [0.2, 0.25) is 6.79 Å². The molecule has 0 saturated carbocycles. The number of carbonyl (C=O) groups excluding carboxylic acids is 3. The predicted molar refractivity (Wildman–Crippen MR) is 133 cm³/mol. The molecular formula is C25H24N2O8S. The van der Waals surface area contributed by atoms with Crippen molar-refractivity contribution in [2.75, 3.05) is 38.3 Å². The highest BCUT2D eigenvalue weighted by Gasteiger charge is 2.28. The van der Waals surface area contributed by atoms with E-state index in [0.717, 1.165) is 11.3 Å². The Morgan fingerprint density at radius 1 is 0.972 bits per heavy atom. The Hall–Kier alpha value is -4.25. The highest BCUT2D eigenvalue weighted by Crippen LogP contribution is 2.37. The monoisotopic (exact) mass is 512 g/mol. The first-order chi connectivity index (χ1) is 17.4. The molecule has 10 nitrogen and oxygen atoms in total. The van der Waals surface area contributed by atoms with E-state index in [0.29, 0.717) is 39.8 Å². The summed E-state index contributed by atoms with van der Waals surface area (Å²) < 4.78 is 26.4. The van der Waals surface area contributed by atoms with Gasteiger partial charge in [-0.15, -0.1) is 11.3 Å². The number of rotatable bonds is 8. The van der Waals surface area contributed by atoms with E-state index in [1.54, 1.807) is 50.2 Å². The van der Waals surface area contributed by atoms with Gasteiger partial charge in [-0.2, -0.15) is 0 Å². The fourth-order valence-corrected chi connectivity index (χ4v) is 4.66. The zero-order valence-electron chi connectivity index (χ0n) is 20.1. The van der Waals surface area contributed by atoms with Gasteiger partial charge in [-0.3, -0.25) is 9.59 Å². The van der Waals surface area contributed by atoms with Crippen LogP contribution in [0.2, 0.25) is 0 Å². The molecule has 2 amide bonds. The highest BCUT2D eigenvalue weighted by molar-refractivity contribution is 7.19. The molecule has 0 bridgehead atoms. The Kier molecular flexibility index (Phi) is 7.30. The number of nitrogens with one attached hydrogen (secondary N) is 2. The summed E-state index contributed by atoms with van der Waals surface area (Å²) in [6.45, 7) is 3.50. The van der Waals surface area contributed by atoms with E-state index in [1.807, 2.05) is 0 Å². The molecule has 188 valence electrons. The average Bonchev–Trinajstić information content (AvgIpc) is 3.47. The van der Waals surface area contributed by atoms with Gasteiger partial charge in [0, 0.05) is 11.6 Å². The van der Waals surface area contributed by atoms with Crippen LogP contribution in [0, 0.1) is 6.92 Å². The molecule has 0 saturated heterocycles. The SMILES string of the molecule is CCOC(=O)c1c(NC(=O)c2ccc3c(c2)OCO3)sc(C(=O)Nc2cc(OC)ccc2OC)c1C. The van der Waals surface area contributed by atoms with E-state index < -0.39 is 17.8 Å². The number of hydrogen-bond acceptors (Lipinski definition) is 9. The summed E-state index contributed by atoms with van der Waals surface area (Å²) in [5, 5.41) is 5.72. The Bertz CT molecular complexity index is 1330. The summed E-state index contributed by atoms with van der Waals surface area (Å²) in [5.74, 6) is 0.323. The number of hydrogen-bond donors (Lipinski definition) is 2. The first-order valence-corrected chi connectivity index (χ1v) is 11.7. The Labute approximate surface area is 211 Å². The van der Waals surface area contributed by atoms with Crippen LogP contribution in [0.25, 0.3) is 0 Å². The zero-order valence-corrected chi connectivity index (χ0v) is 20.9. The minimum atomic E-state index is -0.648. The smallest absolute Gasteiger partial charge is 0.341 e. The first kappa shape index (κ1) is 24.9. The highest BCUT2D eigenvalue weighted by atomic mass is 32.1. The third-order valence-corrected chi connectivity index (χ3v) is 6.56. The van der Waals surface area contributed by atoms with Crippen LogP contribution in [-0.4, -0.2) is 45.4 Å². The molecule has 11 heteroatoms. The molecule has 0 aliphatic carbocycles. The number of fused-ring (bicyclic) bond motifs is 1. The van der Waals surface area contributed by atoms with E-state index in [1.165, 1.54) is 14.2 Å². The maximum Gasteiger partial charge on any atom is 0.341 e. The van der Waals surface area contributed by atoms with Gasteiger partial charge in [0.25, 0.3) is 11.8 Å². The Balaban J connectivity index is 1.66. The number of thiophene rings is 1. The second kappa shape index (κ2) is 10.6. The van der Waals surface area contributed by atoms with Crippen LogP contribution in [0.15, 0.2) is 36.4 Å². The van der Waals surface area contributed by atoms with E-state index in [2.05, 4.69) is 10.6 Å². The van der Waals surface area contributed by atoms with Crippen molar-refractivity contribution in [1.29, 1.82) is 0 Å². The first-order valence-electron chi connectivity index (χ1n) is 10.9. The second-order valence-corrected chi connectivity index (χ2v) is 8.54. The molecule has 36 heavy (non-hydrogen) atoms. The van der Waals surface area contributed by atoms with Crippen molar-refractivity contribution < 1.29 is 38.1 Å². The lowest BCUT2D eigenvalue weighted by Crippen LogP contribution is -2.15. The quantitative estimate of drug-likeness (QED) is 0.424. The molecule has 4 rings (SSSR count). The van der Waals surface area contributed by atoms with Gasteiger partial charge in [-0.25, -0.2) is 4.79 Å². The number of methoxy groups -OCH3 is 2. The summed E-state index contributed by atoms with van der Waals surface area (Å²) in [6.07, 6.45) is 0. The zero-order chi connectivity index (χ0) is 25.8. The van der Waals surface area contributed by atoms with Crippen molar-refractivity contribution in [3.05, 3.63) is 58.0 Å². The largest absolute Gasteiger partial charge is 0.497 e. The van der Waals surface area contributed by atoms with Gasteiger partial charge in [-0.05, 0) is 49.7 Å². The number of carbonyl (C=O) groups is 3. The molecule has 0 spiro atoms. The number of esters is 1. The lowest BCUT2D eigenvalue weighted by molar-refractivity contribution is 0.0527. The minimum absolute atomic E-state index is 0.0775. The summed E-state index contributed by atoms with van der Waals surface area (Å²) in [7, 11) is 2.99. The van der Waals surface area contributed by atoms with E-state index in [4.69, 9.17) is 23.7 Å². The molecule has 2 heterocycles. The molecule has 0 atom stereocenters. The van der Waals surface area contributed by atoms with Crippen molar-refractivity contribution in [3.63, 3.8) is 0 Å². The molecule has 2 aromatic carbocycles. The van der Waals surface area contributed by atoms with Crippen molar-refractivity contribution in [2.45, 2.75) is 13.8 Å². The van der Waals surface area contributed by atoms with Crippen LogP contribution >= 0.6 is 11.3 Å². The standard InChI is InChI=1S/C25H24N2O8S/c1-5-33-25(30)20-13(2)21(23(29)26-16-11-15(31-3)7-9-17(16)32-4)36-24(20)27-22(28)14-6-8-18-19(10-14)35-12-34-18/h6-11H,5,12H2,1-4H3,(H,26,29)(H,27,28). The van der Waals surface area contributed by atoms with Crippen LogP contribution in [0.5, 0.6) is 23.0 Å². The summed E-state index contributed by atoms with van der Waals surface area (Å²) in [4.78, 5) is 39.2. The maximum atomic E-state index is 13.2. The van der Waals surface area contributed by atoms with E-state index in [9.17, 15) is 14.4 Å². The van der Waals surface area contributed by atoms with Crippen molar-refractivity contribution in [3.8, 4) is 23.0 Å². The normalized spacial score (nSPS) is 11.6. The number of anilines is 2. The lowest BCUT2D eigenvalue weighted by Gasteiger charge is -2.11. The van der Waals surface area contributed by atoms with Gasteiger partial charge in [0.1, 0.15) is 16.5 Å². The third-order valence-electron chi connectivity index (χ3n) is 5.35.